The molecule has 0 saturated carbocycles. The number of amides is 1. The zero-order valence-corrected chi connectivity index (χ0v) is 22.5. The molecule has 0 aliphatic rings. The maximum absolute atomic E-state index is 13.7. The van der Waals surface area contributed by atoms with Gasteiger partial charge in [-0.1, -0.05) is 66.7 Å². The molecule has 1 amide bonds. The Kier molecular flexibility index (Phi) is 8.03. The Labute approximate surface area is 232 Å². The van der Waals surface area contributed by atoms with E-state index in [1.807, 2.05) is 67.6 Å². The number of aromatic nitrogens is 2. The predicted octanol–water partition coefficient (Wildman–Crippen LogP) is 5.19. The second-order valence-electron chi connectivity index (χ2n) is 9.55. The van der Waals surface area contributed by atoms with Crippen LogP contribution in [-0.4, -0.2) is 45.7 Å². The maximum atomic E-state index is 13.7. The van der Waals surface area contributed by atoms with Crippen molar-refractivity contribution < 1.29 is 14.6 Å². The Morgan fingerprint density at radius 1 is 0.900 bits per heavy atom. The molecule has 0 aliphatic carbocycles. The number of carbonyl (C=O) groups excluding carboxylic acids is 1. The summed E-state index contributed by atoms with van der Waals surface area (Å²) in [4.78, 5) is 33.8. The van der Waals surface area contributed by atoms with Gasteiger partial charge in [-0.3, -0.25) is 14.2 Å². The Balaban J connectivity index is 1.50. The van der Waals surface area contributed by atoms with Gasteiger partial charge >= 0.3 is 0 Å². The van der Waals surface area contributed by atoms with E-state index in [1.165, 1.54) is 0 Å². The summed E-state index contributed by atoms with van der Waals surface area (Å²) in [6.07, 6.45) is 0.153. The summed E-state index contributed by atoms with van der Waals surface area (Å²) in [5, 5.41) is 10.4. The van der Waals surface area contributed by atoms with E-state index in [2.05, 4.69) is 0 Å². The van der Waals surface area contributed by atoms with Crippen LogP contribution in [0, 0.1) is 0 Å². The first-order chi connectivity index (χ1) is 19.5. The number of rotatable bonds is 9. The summed E-state index contributed by atoms with van der Waals surface area (Å²) in [5.74, 6) is 0.906. The third-order valence-corrected chi connectivity index (χ3v) is 7.05. The van der Waals surface area contributed by atoms with Crippen molar-refractivity contribution in [2.24, 2.45) is 0 Å². The minimum atomic E-state index is -0.595. The van der Waals surface area contributed by atoms with Gasteiger partial charge in [0.1, 0.15) is 11.6 Å². The highest BCUT2D eigenvalue weighted by Gasteiger charge is 2.26. The highest BCUT2D eigenvalue weighted by Crippen LogP contribution is 2.25. The summed E-state index contributed by atoms with van der Waals surface area (Å²) in [6, 6.07) is 31.7. The Hall–Kier alpha value is -4.75. The molecule has 0 saturated heterocycles. The number of aliphatic hydroxyl groups excluding tert-OH is 1. The quantitative estimate of drug-likeness (QED) is 0.282. The van der Waals surface area contributed by atoms with Crippen LogP contribution in [0.4, 0.5) is 0 Å². The molecule has 0 spiro atoms. The highest BCUT2D eigenvalue weighted by molar-refractivity contribution is 5.80. The van der Waals surface area contributed by atoms with Crippen LogP contribution in [0.2, 0.25) is 0 Å². The fourth-order valence-electron chi connectivity index (χ4n) is 4.91. The average Bonchev–Trinajstić information content (AvgIpc) is 3.00. The normalized spacial score (nSPS) is 11.8. The zero-order chi connectivity index (χ0) is 28.1. The fourth-order valence-corrected chi connectivity index (χ4v) is 4.91. The molecule has 0 bridgehead atoms. The van der Waals surface area contributed by atoms with Crippen LogP contribution in [0.1, 0.15) is 24.4 Å². The first-order valence-electron chi connectivity index (χ1n) is 13.2. The van der Waals surface area contributed by atoms with Crippen LogP contribution in [0.15, 0.2) is 108 Å². The van der Waals surface area contributed by atoms with Crippen LogP contribution < -0.4 is 10.3 Å². The number of para-hydroxylation sites is 1. The number of nitrogens with zero attached hydrogens (tertiary/aromatic N) is 3. The number of hydrogen-bond acceptors (Lipinski definition) is 5. The number of fused-ring (bicyclic) bond motifs is 1. The standard InChI is InChI=1S/C33H31N3O4/c1-23(35(20-21-37)31(38)22-24-12-14-26(15-13-24)25-8-4-3-5-9-25)32-34-30-11-7-6-10-29(30)33(39)36(32)27-16-18-28(40-2)19-17-27/h3-19,23,37H,20-22H2,1-2H3. The third-order valence-electron chi connectivity index (χ3n) is 7.05. The van der Waals surface area contributed by atoms with Gasteiger partial charge in [-0.05, 0) is 60.0 Å². The lowest BCUT2D eigenvalue weighted by atomic mass is 10.0. The minimum absolute atomic E-state index is 0.105. The summed E-state index contributed by atoms with van der Waals surface area (Å²) in [6.45, 7) is 1.72. The van der Waals surface area contributed by atoms with Crippen molar-refractivity contribution in [1.82, 2.24) is 14.5 Å². The molecule has 0 radical (unpaired) electrons. The first kappa shape index (κ1) is 26.8. The molecule has 0 fully saturated rings. The molecule has 7 nitrogen and oxygen atoms in total. The van der Waals surface area contributed by atoms with E-state index in [9.17, 15) is 14.7 Å². The van der Waals surface area contributed by atoms with Crippen LogP contribution in [-0.2, 0) is 11.2 Å². The molecule has 5 aromatic rings. The summed E-state index contributed by atoms with van der Waals surface area (Å²) in [7, 11) is 1.58. The molecule has 5 rings (SSSR count). The zero-order valence-electron chi connectivity index (χ0n) is 22.5. The number of methoxy groups -OCH3 is 1. The third kappa shape index (κ3) is 5.51. The molecule has 1 N–H and O–H groups in total. The number of benzene rings is 4. The highest BCUT2D eigenvalue weighted by atomic mass is 16.5. The predicted molar refractivity (Wildman–Crippen MR) is 157 cm³/mol. The summed E-state index contributed by atoms with van der Waals surface area (Å²) < 4.78 is 6.83. The molecule has 1 unspecified atom stereocenters. The van der Waals surface area contributed by atoms with Crippen molar-refractivity contribution in [2.45, 2.75) is 19.4 Å². The van der Waals surface area contributed by atoms with Crippen molar-refractivity contribution in [3.8, 4) is 22.6 Å². The molecule has 1 atom stereocenters. The summed E-state index contributed by atoms with van der Waals surface area (Å²) in [5.41, 5.74) is 3.96. The van der Waals surface area contributed by atoms with Gasteiger partial charge in [0.2, 0.25) is 5.91 Å². The van der Waals surface area contributed by atoms with E-state index in [-0.39, 0.29) is 31.0 Å². The van der Waals surface area contributed by atoms with E-state index >= 15 is 0 Å². The van der Waals surface area contributed by atoms with Crippen LogP contribution >= 0.6 is 0 Å². The van der Waals surface area contributed by atoms with Crippen molar-refractivity contribution in [3.05, 3.63) is 125 Å². The Morgan fingerprint density at radius 2 is 1.55 bits per heavy atom. The largest absolute Gasteiger partial charge is 0.497 e. The van der Waals surface area contributed by atoms with Crippen LogP contribution in [0.5, 0.6) is 5.75 Å². The lowest BCUT2D eigenvalue weighted by Gasteiger charge is -2.30. The van der Waals surface area contributed by atoms with Gasteiger partial charge in [0.25, 0.3) is 5.56 Å². The van der Waals surface area contributed by atoms with E-state index in [0.29, 0.717) is 28.2 Å². The van der Waals surface area contributed by atoms with Crippen LogP contribution in [0.3, 0.4) is 0 Å². The van der Waals surface area contributed by atoms with E-state index < -0.39 is 6.04 Å². The molecule has 4 aromatic carbocycles. The van der Waals surface area contributed by atoms with Gasteiger partial charge in [0.15, 0.2) is 0 Å². The topological polar surface area (TPSA) is 84.7 Å². The van der Waals surface area contributed by atoms with Crippen molar-refractivity contribution in [3.63, 3.8) is 0 Å². The SMILES string of the molecule is COc1ccc(-n2c(C(C)N(CCO)C(=O)Cc3ccc(-c4ccccc4)cc3)nc3ccccc3c2=O)cc1. The van der Waals surface area contributed by atoms with Gasteiger partial charge in [0, 0.05) is 6.54 Å². The number of hydrogen-bond donors (Lipinski definition) is 1. The maximum Gasteiger partial charge on any atom is 0.266 e. The van der Waals surface area contributed by atoms with Crippen molar-refractivity contribution in [1.29, 1.82) is 0 Å². The fraction of sp³-hybridized carbons (Fsp3) is 0.182. The van der Waals surface area contributed by atoms with Gasteiger partial charge < -0.3 is 14.7 Å². The molecule has 0 aliphatic heterocycles. The molecule has 40 heavy (non-hydrogen) atoms. The van der Waals surface area contributed by atoms with Gasteiger partial charge in [-0.15, -0.1) is 0 Å². The first-order valence-corrected chi connectivity index (χ1v) is 13.2. The van der Waals surface area contributed by atoms with Gasteiger partial charge in [0.05, 0.1) is 42.8 Å². The molecular formula is C33H31N3O4. The van der Waals surface area contributed by atoms with Gasteiger partial charge in [-0.25, -0.2) is 4.98 Å². The lowest BCUT2D eigenvalue weighted by molar-refractivity contribution is -0.133. The molecule has 202 valence electrons. The van der Waals surface area contributed by atoms with E-state index in [4.69, 9.17) is 9.72 Å². The van der Waals surface area contributed by atoms with E-state index in [1.54, 1.807) is 59.0 Å². The molecule has 1 aromatic heterocycles. The van der Waals surface area contributed by atoms with Crippen molar-refractivity contribution >= 4 is 16.8 Å². The minimum Gasteiger partial charge on any atom is -0.497 e. The van der Waals surface area contributed by atoms with E-state index in [0.717, 1.165) is 16.7 Å². The van der Waals surface area contributed by atoms with Gasteiger partial charge in [-0.2, -0.15) is 0 Å². The monoisotopic (exact) mass is 533 g/mol. The molecular weight excluding hydrogens is 502 g/mol. The second kappa shape index (κ2) is 12.0. The Bertz CT molecular complexity index is 1660. The second-order valence-corrected chi connectivity index (χ2v) is 9.55. The van der Waals surface area contributed by atoms with Crippen LogP contribution in [0.25, 0.3) is 27.7 Å². The molecule has 1 heterocycles. The smallest absolute Gasteiger partial charge is 0.266 e. The Morgan fingerprint density at radius 3 is 2.23 bits per heavy atom. The van der Waals surface area contributed by atoms with Crippen molar-refractivity contribution in [2.75, 3.05) is 20.3 Å². The molecule has 7 heteroatoms. The average molecular weight is 534 g/mol. The number of carbonyl (C=O) groups is 1. The number of ether oxygens (including phenoxy) is 1. The number of aliphatic hydroxyl groups is 1. The summed E-state index contributed by atoms with van der Waals surface area (Å²) >= 11 is 0. The lowest BCUT2D eigenvalue weighted by Crippen LogP contribution is -2.39.